The molecule has 6 heteroatoms. The summed E-state index contributed by atoms with van der Waals surface area (Å²) in [6, 6.07) is 3.45. The minimum Gasteiger partial charge on any atom is -0.342 e. The van der Waals surface area contributed by atoms with E-state index in [0.717, 1.165) is 12.1 Å². The van der Waals surface area contributed by atoms with Gasteiger partial charge in [-0.25, -0.2) is 4.98 Å². The topological polar surface area (TPSA) is 54.7 Å². The number of benzene rings is 1. The standard InChI is InChI=1S/C11H12F3N3/c1-6(5-15)10-16-8-3-2-7(11(12,13)14)4-9(8)17-10/h2-4,6H,5,15H2,1H3,(H,16,17). The van der Waals surface area contributed by atoms with Crippen molar-refractivity contribution in [2.45, 2.75) is 19.0 Å². The molecule has 0 saturated heterocycles. The zero-order chi connectivity index (χ0) is 12.6. The Balaban J connectivity index is 2.48. The van der Waals surface area contributed by atoms with Gasteiger partial charge in [0.15, 0.2) is 0 Å². The van der Waals surface area contributed by atoms with Crippen LogP contribution in [0.4, 0.5) is 13.2 Å². The summed E-state index contributed by atoms with van der Waals surface area (Å²) in [4.78, 5) is 7.07. The molecule has 17 heavy (non-hydrogen) atoms. The average molecular weight is 243 g/mol. The van der Waals surface area contributed by atoms with Crippen LogP contribution in [-0.2, 0) is 6.18 Å². The van der Waals surface area contributed by atoms with Crippen molar-refractivity contribution in [3.8, 4) is 0 Å². The van der Waals surface area contributed by atoms with Crippen LogP contribution in [-0.4, -0.2) is 16.5 Å². The van der Waals surface area contributed by atoms with E-state index < -0.39 is 11.7 Å². The average Bonchev–Trinajstić information content (AvgIpc) is 2.69. The van der Waals surface area contributed by atoms with Gasteiger partial charge in [0.05, 0.1) is 16.6 Å². The maximum Gasteiger partial charge on any atom is 0.416 e. The van der Waals surface area contributed by atoms with Crippen LogP contribution >= 0.6 is 0 Å². The first-order valence-electron chi connectivity index (χ1n) is 5.18. The Labute approximate surface area is 95.8 Å². The van der Waals surface area contributed by atoms with Crippen molar-refractivity contribution in [3.05, 3.63) is 29.6 Å². The summed E-state index contributed by atoms with van der Waals surface area (Å²) in [5, 5.41) is 0. The first-order chi connectivity index (χ1) is 7.91. The highest BCUT2D eigenvalue weighted by molar-refractivity contribution is 5.76. The summed E-state index contributed by atoms with van der Waals surface area (Å²) < 4.78 is 37.5. The van der Waals surface area contributed by atoms with Crippen LogP contribution in [0.3, 0.4) is 0 Å². The molecule has 0 radical (unpaired) electrons. The highest BCUT2D eigenvalue weighted by Crippen LogP contribution is 2.31. The van der Waals surface area contributed by atoms with Crippen LogP contribution in [0.1, 0.15) is 24.2 Å². The molecule has 92 valence electrons. The monoisotopic (exact) mass is 243 g/mol. The SMILES string of the molecule is CC(CN)c1nc2ccc(C(F)(F)F)cc2[nH]1. The molecule has 3 nitrogen and oxygen atoms in total. The smallest absolute Gasteiger partial charge is 0.342 e. The lowest BCUT2D eigenvalue weighted by Gasteiger charge is -2.05. The number of fused-ring (bicyclic) bond motifs is 1. The molecule has 0 aliphatic rings. The van der Waals surface area contributed by atoms with Crippen LogP contribution < -0.4 is 5.73 Å². The zero-order valence-corrected chi connectivity index (χ0v) is 9.17. The molecular formula is C11H12F3N3. The van der Waals surface area contributed by atoms with E-state index in [4.69, 9.17) is 5.73 Å². The summed E-state index contributed by atoms with van der Waals surface area (Å²) in [6.07, 6.45) is -4.33. The molecule has 1 atom stereocenters. The lowest BCUT2D eigenvalue weighted by molar-refractivity contribution is -0.137. The van der Waals surface area contributed by atoms with Gasteiger partial charge in [0, 0.05) is 12.5 Å². The number of hydrogen-bond donors (Lipinski definition) is 2. The van der Waals surface area contributed by atoms with E-state index in [1.54, 1.807) is 0 Å². The Bertz CT molecular complexity index is 530. The van der Waals surface area contributed by atoms with Crippen LogP contribution in [0.2, 0.25) is 0 Å². The van der Waals surface area contributed by atoms with Gasteiger partial charge in [0.2, 0.25) is 0 Å². The number of H-pyrrole nitrogens is 1. The molecule has 0 aliphatic heterocycles. The Morgan fingerprint density at radius 1 is 1.41 bits per heavy atom. The van der Waals surface area contributed by atoms with Crippen LogP contribution in [0, 0.1) is 0 Å². The third kappa shape index (κ3) is 2.26. The lowest BCUT2D eigenvalue weighted by Crippen LogP contribution is -2.10. The van der Waals surface area contributed by atoms with Crippen LogP contribution in [0.5, 0.6) is 0 Å². The van der Waals surface area contributed by atoms with Crippen molar-refractivity contribution in [3.63, 3.8) is 0 Å². The van der Waals surface area contributed by atoms with Gasteiger partial charge < -0.3 is 10.7 Å². The van der Waals surface area contributed by atoms with Crippen molar-refractivity contribution < 1.29 is 13.2 Å². The van der Waals surface area contributed by atoms with E-state index >= 15 is 0 Å². The van der Waals surface area contributed by atoms with Gasteiger partial charge in [0.1, 0.15) is 5.82 Å². The number of halogens is 3. The summed E-state index contributed by atoms with van der Waals surface area (Å²) in [6.45, 7) is 2.26. The molecule has 0 saturated carbocycles. The Kier molecular flexibility index (Phi) is 2.82. The summed E-state index contributed by atoms with van der Waals surface area (Å²) in [7, 11) is 0. The molecule has 3 N–H and O–H groups in total. The van der Waals surface area contributed by atoms with Gasteiger partial charge in [-0.3, -0.25) is 0 Å². The number of alkyl halides is 3. The molecule has 0 spiro atoms. The fraction of sp³-hybridized carbons (Fsp3) is 0.364. The van der Waals surface area contributed by atoms with Gasteiger partial charge in [-0.1, -0.05) is 6.92 Å². The molecule has 1 aromatic carbocycles. The number of hydrogen-bond acceptors (Lipinski definition) is 2. The second-order valence-electron chi connectivity index (χ2n) is 3.99. The van der Waals surface area contributed by atoms with Gasteiger partial charge >= 0.3 is 6.18 Å². The van der Waals surface area contributed by atoms with Crippen LogP contribution in [0.15, 0.2) is 18.2 Å². The first-order valence-corrected chi connectivity index (χ1v) is 5.18. The molecule has 2 aromatic rings. The second-order valence-corrected chi connectivity index (χ2v) is 3.99. The van der Waals surface area contributed by atoms with Crippen molar-refractivity contribution in [1.29, 1.82) is 0 Å². The maximum absolute atomic E-state index is 12.5. The summed E-state index contributed by atoms with van der Waals surface area (Å²) >= 11 is 0. The van der Waals surface area contributed by atoms with E-state index in [0.29, 0.717) is 23.4 Å². The molecule has 1 unspecified atom stereocenters. The number of aromatic amines is 1. The van der Waals surface area contributed by atoms with E-state index in [9.17, 15) is 13.2 Å². The van der Waals surface area contributed by atoms with Gasteiger partial charge in [-0.2, -0.15) is 13.2 Å². The third-order valence-corrected chi connectivity index (χ3v) is 2.65. The number of nitrogens with zero attached hydrogens (tertiary/aromatic N) is 1. The van der Waals surface area contributed by atoms with E-state index in [1.807, 2.05) is 6.92 Å². The Morgan fingerprint density at radius 2 is 2.12 bits per heavy atom. The predicted molar refractivity (Wildman–Crippen MR) is 58.6 cm³/mol. The molecule has 0 fully saturated rings. The normalized spacial score (nSPS) is 14.2. The third-order valence-electron chi connectivity index (χ3n) is 2.65. The van der Waals surface area contributed by atoms with Gasteiger partial charge in [0.25, 0.3) is 0 Å². The minimum atomic E-state index is -4.33. The zero-order valence-electron chi connectivity index (χ0n) is 9.17. The lowest BCUT2D eigenvalue weighted by atomic mass is 10.2. The molecule has 0 bridgehead atoms. The number of rotatable bonds is 2. The number of nitrogens with two attached hydrogens (primary N) is 1. The maximum atomic E-state index is 12.5. The van der Waals surface area contributed by atoms with E-state index in [2.05, 4.69) is 9.97 Å². The summed E-state index contributed by atoms with van der Waals surface area (Å²) in [5.74, 6) is 0.610. The van der Waals surface area contributed by atoms with Crippen molar-refractivity contribution in [1.82, 2.24) is 9.97 Å². The van der Waals surface area contributed by atoms with Crippen molar-refractivity contribution in [2.75, 3.05) is 6.54 Å². The Hall–Kier alpha value is -1.56. The van der Waals surface area contributed by atoms with Gasteiger partial charge in [-0.05, 0) is 18.2 Å². The van der Waals surface area contributed by atoms with Gasteiger partial charge in [-0.15, -0.1) is 0 Å². The first kappa shape index (κ1) is 11.9. The highest BCUT2D eigenvalue weighted by Gasteiger charge is 2.30. The highest BCUT2D eigenvalue weighted by atomic mass is 19.4. The molecule has 1 aromatic heterocycles. The van der Waals surface area contributed by atoms with Crippen molar-refractivity contribution in [2.24, 2.45) is 5.73 Å². The van der Waals surface area contributed by atoms with Crippen LogP contribution in [0.25, 0.3) is 11.0 Å². The molecule has 2 rings (SSSR count). The molecule has 1 heterocycles. The van der Waals surface area contributed by atoms with Crippen molar-refractivity contribution >= 4 is 11.0 Å². The number of nitrogens with one attached hydrogen (secondary N) is 1. The fourth-order valence-electron chi connectivity index (χ4n) is 1.55. The summed E-state index contributed by atoms with van der Waals surface area (Å²) in [5.41, 5.74) is 5.71. The number of imidazole rings is 1. The largest absolute Gasteiger partial charge is 0.416 e. The molecular weight excluding hydrogens is 231 g/mol. The van der Waals surface area contributed by atoms with E-state index in [-0.39, 0.29) is 5.92 Å². The minimum absolute atomic E-state index is 0.00302. The Morgan fingerprint density at radius 3 is 2.71 bits per heavy atom. The second kappa shape index (κ2) is 4.03. The number of aromatic nitrogens is 2. The quantitative estimate of drug-likeness (QED) is 0.851. The molecule has 0 aliphatic carbocycles. The molecule has 0 amide bonds. The fourth-order valence-corrected chi connectivity index (χ4v) is 1.55. The predicted octanol–water partition coefficient (Wildman–Crippen LogP) is 2.64. The van der Waals surface area contributed by atoms with E-state index in [1.165, 1.54) is 6.07 Å².